The van der Waals surface area contributed by atoms with Crippen molar-refractivity contribution in [3.05, 3.63) is 0 Å². The van der Waals surface area contributed by atoms with E-state index in [2.05, 4.69) is 27.7 Å². The summed E-state index contributed by atoms with van der Waals surface area (Å²) in [6.45, 7) is 10.4. The van der Waals surface area contributed by atoms with Crippen LogP contribution in [0.1, 0.15) is 79.1 Å². The molecule has 0 spiro atoms. The van der Waals surface area contributed by atoms with Crippen molar-refractivity contribution in [3.8, 4) is 0 Å². The van der Waals surface area contributed by atoms with Crippen LogP contribution >= 0.6 is 0 Å². The lowest BCUT2D eigenvalue weighted by Crippen LogP contribution is -2.56. The first kappa shape index (κ1) is 15.9. The van der Waals surface area contributed by atoms with Crippen LogP contribution in [0.4, 0.5) is 0 Å². The molecule has 0 unspecified atom stereocenters. The fraction of sp³-hybridized carbons (Fsp3) is 1.00. The maximum atomic E-state index is 6.58. The van der Waals surface area contributed by atoms with Gasteiger partial charge in [-0.25, -0.2) is 0 Å². The van der Waals surface area contributed by atoms with Crippen molar-refractivity contribution >= 4 is 6.92 Å². The maximum Gasteiger partial charge on any atom is 0.296 e. The van der Waals surface area contributed by atoms with Crippen LogP contribution in [0.5, 0.6) is 0 Å². The standard InChI is InChI=1S/C19H35BO/c1-5-6-7-9-16-10-8-11-20(21-16)18-13-15-12-17(14(18)2)19(15,3)4/h14-18H,5-13H2,1-4H3/t14-,15+,16-,17-,18-/m1/s1. The summed E-state index contributed by atoms with van der Waals surface area (Å²) < 4.78 is 6.58. The highest BCUT2D eigenvalue weighted by molar-refractivity contribution is 6.54. The lowest BCUT2D eigenvalue weighted by molar-refractivity contribution is -0.102. The highest BCUT2D eigenvalue weighted by Crippen LogP contribution is 2.65. The van der Waals surface area contributed by atoms with E-state index in [1.807, 2.05) is 0 Å². The third kappa shape index (κ3) is 2.94. The first-order valence-corrected chi connectivity index (χ1v) is 9.69. The maximum absolute atomic E-state index is 6.58. The molecule has 2 heteroatoms. The molecule has 5 atom stereocenters. The van der Waals surface area contributed by atoms with Crippen molar-refractivity contribution in [2.45, 2.75) is 97.3 Å². The van der Waals surface area contributed by atoms with Gasteiger partial charge in [0, 0.05) is 6.10 Å². The van der Waals surface area contributed by atoms with E-state index in [1.165, 1.54) is 57.7 Å². The zero-order chi connectivity index (χ0) is 15.0. The summed E-state index contributed by atoms with van der Waals surface area (Å²) in [5.41, 5.74) is 0.616. The van der Waals surface area contributed by atoms with Crippen LogP contribution in [-0.4, -0.2) is 13.0 Å². The van der Waals surface area contributed by atoms with Crippen molar-refractivity contribution in [1.82, 2.24) is 0 Å². The number of hydrogen-bond acceptors (Lipinski definition) is 1. The van der Waals surface area contributed by atoms with E-state index < -0.39 is 0 Å². The molecule has 1 aliphatic heterocycles. The summed E-state index contributed by atoms with van der Waals surface area (Å²) in [5, 5.41) is 0. The van der Waals surface area contributed by atoms with E-state index in [1.54, 1.807) is 0 Å². The SMILES string of the molecule is CCCCC[C@@H]1CCCB([C@@H]2C[C@@H]3C[C@H]([C@H]2C)C3(C)C)O1. The average molecular weight is 290 g/mol. The Morgan fingerprint density at radius 2 is 2.00 bits per heavy atom. The molecule has 0 N–H and O–H groups in total. The van der Waals surface area contributed by atoms with Crippen LogP contribution in [0.3, 0.4) is 0 Å². The minimum atomic E-state index is 0.578. The zero-order valence-electron chi connectivity index (χ0n) is 14.7. The van der Waals surface area contributed by atoms with Gasteiger partial charge in [-0.1, -0.05) is 59.8 Å². The Labute approximate surface area is 132 Å². The van der Waals surface area contributed by atoms with Crippen molar-refractivity contribution in [2.24, 2.45) is 23.2 Å². The molecule has 0 aromatic carbocycles. The van der Waals surface area contributed by atoms with Crippen molar-refractivity contribution < 1.29 is 4.65 Å². The van der Waals surface area contributed by atoms with Gasteiger partial charge in [0.15, 0.2) is 0 Å². The number of unbranched alkanes of at least 4 members (excludes halogenated alkanes) is 2. The fourth-order valence-corrected chi connectivity index (χ4v) is 5.76. The number of rotatable bonds is 5. The van der Waals surface area contributed by atoms with Crippen LogP contribution in [0.25, 0.3) is 0 Å². The molecule has 0 aromatic rings. The van der Waals surface area contributed by atoms with Crippen molar-refractivity contribution in [1.29, 1.82) is 0 Å². The molecule has 3 saturated carbocycles. The average Bonchev–Trinajstić information content (AvgIpc) is 2.47. The van der Waals surface area contributed by atoms with E-state index in [0.29, 0.717) is 18.4 Å². The van der Waals surface area contributed by atoms with Crippen molar-refractivity contribution in [3.63, 3.8) is 0 Å². The normalized spacial score (nSPS) is 41.7. The Morgan fingerprint density at radius 1 is 1.19 bits per heavy atom. The third-order valence-corrected chi connectivity index (χ3v) is 7.40. The summed E-state index contributed by atoms with van der Waals surface area (Å²) >= 11 is 0. The van der Waals surface area contributed by atoms with Crippen LogP contribution < -0.4 is 0 Å². The van der Waals surface area contributed by atoms with Gasteiger partial charge in [0.2, 0.25) is 0 Å². The Kier molecular flexibility index (Phi) is 4.74. The molecule has 0 aromatic heterocycles. The summed E-state index contributed by atoms with van der Waals surface area (Å²) in [7, 11) is 0. The van der Waals surface area contributed by atoms with Crippen LogP contribution in [-0.2, 0) is 4.65 Å². The highest BCUT2D eigenvalue weighted by Gasteiger charge is 2.58. The molecule has 1 heterocycles. The molecule has 1 nitrogen and oxygen atoms in total. The predicted octanol–water partition coefficient (Wildman–Crippen LogP) is 5.81. The van der Waals surface area contributed by atoms with Gasteiger partial charge in [-0.3, -0.25) is 0 Å². The van der Waals surface area contributed by atoms with Gasteiger partial charge in [-0.05, 0) is 54.6 Å². The monoisotopic (exact) mass is 290 g/mol. The third-order valence-electron chi connectivity index (χ3n) is 7.40. The van der Waals surface area contributed by atoms with E-state index in [9.17, 15) is 0 Å². The zero-order valence-corrected chi connectivity index (χ0v) is 14.7. The second-order valence-corrected chi connectivity index (χ2v) is 8.84. The number of hydrogen-bond donors (Lipinski definition) is 0. The van der Waals surface area contributed by atoms with Gasteiger partial charge < -0.3 is 4.65 Å². The molecular weight excluding hydrogens is 255 g/mol. The first-order valence-electron chi connectivity index (χ1n) is 9.69. The molecule has 4 rings (SSSR count). The second kappa shape index (κ2) is 6.26. The Morgan fingerprint density at radius 3 is 2.67 bits per heavy atom. The topological polar surface area (TPSA) is 9.23 Å². The van der Waals surface area contributed by atoms with Gasteiger partial charge in [0.05, 0.1) is 0 Å². The second-order valence-electron chi connectivity index (χ2n) is 8.84. The molecule has 3 aliphatic carbocycles. The van der Waals surface area contributed by atoms with Gasteiger partial charge >= 0.3 is 0 Å². The Balaban J connectivity index is 1.55. The molecule has 1 saturated heterocycles. The Hall–Kier alpha value is 0.0249. The van der Waals surface area contributed by atoms with E-state index in [4.69, 9.17) is 4.65 Å². The molecule has 2 bridgehead atoms. The van der Waals surface area contributed by atoms with E-state index >= 15 is 0 Å². The lowest BCUT2D eigenvalue weighted by atomic mass is 9.34. The van der Waals surface area contributed by atoms with Gasteiger partial charge in [0.25, 0.3) is 6.92 Å². The smallest absolute Gasteiger partial charge is 0.296 e. The highest BCUT2D eigenvalue weighted by atomic mass is 16.4. The summed E-state index contributed by atoms with van der Waals surface area (Å²) in [4.78, 5) is 0. The summed E-state index contributed by atoms with van der Waals surface area (Å²) in [5.74, 6) is 3.68. The largest absolute Gasteiger partial charge is 0.433 e. The summed E-state index contributed by atoms with van der Waals surface area (Å²) in [6, 6.07) is 0. The van der Waals surface area contributed by atoms with Gasteiger partial charge in [-0.15, -0.1) is 0 Å². The molecule has 4 aliphatic rings. The predicted molar refractivity (Wildman–Crippen MR) is 91.7 cm³/mol. The quantitative estimate of drug-likeness (QED) is 0.458. The van der Waals surface area contributed by atoms with Crippen LogP contribution in [0, 0.1) is 23.2 Å². The first-order chi connectivity index (χ1) is 10.0. The van der Waals surface area contributed by atoms with E-state index in [-0.39, 0.29) is 0 Å². The summed E-state index contributed by atoms with van der Waals surface area (Å²) in [6.07, 6.45) is 13.0. The van der Waals surface area contributed by atoms with Gasteiger partial charge in [-0.2, -0.15) is 0 Å². The minimum Gasteiger partial charge on any atom is -0.433 e. The molecule has 0 amide bonds. The number of fused-ring (bicyclic) bond motifs is 2. The molecule has 21 heavy (non-hydrogen) atoms. The van der Waals surface area contributed by atoms with Crippen LogP contribution in [0.2, 0.25) is 12.1 Å². The van der Waals surface area contributed by atoms with Crippen LogP contribution in [0.15, 0.2) is 0 Å². The van der Waals surface area contributed by atoms with Crippen molar-refractivity contribution in [2.75, 3.05) is 0 Å². The fourth-order valence-electron chi connectivity index (χ4n) is 5.76. The van der Waals surface area contributed by atoms with E-state index in [0.717, 1.165) is 23.6 Å². The lowest BCUT2D eigenvalue weighted by Gasteiger charge is -2.63. The minimum absolute atomic E-state index is 0.578. The molecule has 120 valence electrons. The molecule has 4 fully saturated rings. The molecule has 0 radical (unpaired) electrons. The Bertz CT molecular complexity index is 353. The van der Waals surface area contributed by atoms with Gasteiger partial charge in [0.1, 0.15) is 0 Å². The molecular formula is C19H35BO.